The van der Waals surface area contributed by atoms with Gasteiger partial charge in [-0.15, -0.1) is 10.2 Å². The molecule has 0 atom stereocenters. The van der Waals surface area contributed by atoms with Crippen LogP contribution in [-0.2, 0) is 24.0 Å². The van der Waals surface area contributed by atoms with Gasteiger partial charge in [-0.2, -0.15) is 0 Å². The Morgan fingerprint density at radius 2 is 2.23 bits per heavy atom. The number of nitrogens with zero attached hydrogens (tertiary/aromatic N) is 3. The number of nitrogens with two attached hydrogens (primary N) is 1. The number of amides is 1. The first kappa shape index (κ1) is 16.3. The van der Waals surface area contributed by atoms with Crippen molar-refractivity contribution in [1.82, 2.24) is 14.8 Å². The van der Waals surface area contributed by atoms with E-state index in [1.54, 1.807) is 12.1 Å². The lowest BCUT2D eigenvalue weighted by molar-refractivity contribution is -0.118. The van der Waals surface area contributed by atoms with Crippen LogP contribution in [0.2, 0.25) is 0 Å². The van der Waals surface area contributed by atoms with Crippen molar-refractivity contribution < 1.29 is 13.9 Å². The van der Waals surface area contributed by atoms with Crippen LogP contribution in [0.4, 0.5) is 4.39 Å². The number of benzene rings is 1. The molecule has 0 aliphatic heterocycles. The zero-order valence-electron chi connectivity index (χ0n) is 12.4. The quantitative estimate of drug-likeness (QED) is 0.783. The summed E-state index contributed by atoms with van der Waals surface area (Å²) in [6.45, 7) is 0. The number of hydrogen-bond donors (Lipinski definition) is 1. The molecule has 0 aliphatic carbocycles. The van der Waals surface area contributed by atoms with Crippen LogP contribution < -0.4 is 10.5 Å². The normalized spacial score (nSPS) is 10.7. The first-order valence-electron chi connectivity index (χ1n) is 6.63. The number of thioether (sulfide) groups is 1. The van der Waals surface area contributed by atoms with Gasteiger partial charge in [0.2, 0.25) is 5.91 Å². The summed E-state index contributed by atoms with van der Waals surface area (Å²) < 4.78 is 20.3. The fourth-order valence-corrected chi connectivity index (χ4v) is 2.74. The summed E-state index contributed by atoms with van der Waals surface area (Å²) in [5, 5.41) is 8.81. The molecule has 22 heavy (non-hydrogen) atoms. The monoisotopic (exact) mass is 324 g/mol. The number of carbonyl (C=O) groups excluding carboxylic acids is 1. The first-order valence-corrected chi connectivity index (χ1v) is 7.61. The van der Waals surface area contributed by atoms with Gasteiger partial charge >= 0.3 is 0 Å². The Bertz CT molecular complexity index is 675. The van der Waals surface area contributed by atoms with Gasteiger partial charge in [0.05, 0.1) is 7.11 Å². The molecule has 2 aromatic rings. The van der Waals surface area contributed by atoms with Crippen molar-refractivity contribution in [3.05, 3.63) is 35.4 Å². The van der Waals surface area contributed by atoms with Crippen molar-refractivity contribution in [3.63, 3.8) is 0 Å². The van der Waals surface area contributed by atoms with E-state index in [1.165, 1.54) is 24.9 Å². The van der Waals surface area contributed by atoms with E-state index in [0.717, 1.165) is 5.56 Å². The predicted octanol–water partition coefficient (Wildman–Crippen LogP) is 1.67. The van der Waals surface area contributed by atoms with Crippen molar-refractivity contribution in [3.8, 4) is 5.75 Å². The Balaban J connectivity index is 1.99. The molecule has 1 aromatic carbocycles. The fraction of sp³-hybridized carbons (Fsp3) is 0.357. The minimum absolute atomic E-state index is 0.223. The summed E-state index contributed by atoms with van der Waals surface area (Å²) in [6, 6.07) is 4.84. The smallest absolute Gasteiger partial charge is 0.217 e. The SMILES string of the molecule is COc1ccc(CSc2nnc(CCC(N)=O)n2C)cc1F. The molecule has 2 rings (SSSR count). The molecule has 8 heteroatoms. The van der Waals surface area contributed by atoms with Crippen LogP contribution in [0.3, 0.4) is 0 Å². The van der Waals surface area contributed by atoms with Gasteiger partial charge in [-0.3, -0.25) is 4.79 Å². The van der Waals surface area contributed by atoms with Gasteiger partial charge < -0.3 is 15.0 Å². The summed E-state index contributed by atoms with van der Waals surface area (Å²) in [7, 11) is 3.26. The highest BCUT2D eigenvalue weighted by molar-refractivity contribution is 7.98. The summed E-state index contributed by atoms with van der Waals surface area (Å²) in [5.41, 5.74) is 5.95. The highest BCUT2D eigenvalue weighted by Crippen LogP contribution is 2.24. The predicted molar refractivity (Wildman–Crippen MR) is 81.0 cm³/mol. The Hall–Kier alpha value is -2.09. The highest BCUT2D eigenvalue weighted by atomic mass is 32.2. The van der Waals surface area contributed by atoms with Crippen LogP contribution in [0.1, 0.15) is 17.8 Å². The number of halogens is 1. The van der Waals surface area contributed by atoms with Crippen LogP contribution in [0, 0.1) is 5.82 Å². The van der Waals surface area contributed by atoms with Gasteiger partial charge in [0, 0.05) is 25.6 Å². The van der Waals surface area contributed by atoms with Gasteiger partial charge in [-0.1, -0.05) is 17.8 Å². The number of rotatable bonds is 7. The van der Waals surface area contributed by atoms with Crippen molar-refractivity contribution in [2.45, 2.75) is 23.8 Å². The maximum Gasteiger partial charge on any atom is 0.217 e. The van der Waals surface area contributed by atoms with Crippen LogP contribution in [0.25, 0.3) is 0 Å². The lowest BCUT2D eigenvalue weighted by atomic mass is 10.2. The zero-order valence-corrected chi connectivity index (χ0v) is 13.2. The van der Waals surface area contributed by atoms with Crippen LogP contribution in [-0.4, -0.2) is 27.8 Å². The Kier molecular flexibility index (Phi) is 5.37. The maximum absolute atomic E-state index is 13.6. The lowest BCUT2D eigenvalue weighted by Gasteiger charge is -2.05. The molecule has 0 spiro atoms. The minimum atomic E-state index is -0.388. The Morgan fingerprint density at radius 1 is 1.45 bits per heavy atom. The number of aryl methyl sites for hydroxylation is 1. The largest absolute Gasteiger partial charge is 0.494 e. The third kappa shape index (κ3) is 3.97. The molecule has 0 unspecified atom stereocenters. The van der Waals surface area contributed by atoms with Crippen LogP contribution >= 0.6 is 11.8 Å². The van der Waals surface area contributed by atoms with E-state index >= 15 is 0 Å². The second-order valence-electron chi connectivity index (χ2n) is 4.68. The maximum atomic E-state index is 13.6. The molecular weight excluding hydrogens is 307 g/mol. The molecule has 0 saturated heterocycles. The third-order valence-corrected chi connectivity index (χ3v) is 4.20. The van der Waals surface area contributed by atoms with E-state index in [1.807, 2.05) is 11.6 Å². The standard InChI is InChI=1S/C14H17FN4O2S/c1-19-13(6-5-12(16)20)17-18-14(19)22-8-9-3-4-11(21-2)10(15)7-9/h3-4,7H,5-6,8H2,1-2H3,(H2,16,20). The van der Waals surface area contributed by atoms with Gasteiger partial charge in [-0.05, 0) is 17.7 Å². The molecule has 1 aromatic heterocycles. The minimum Gasteiger partial charge on any atom is -0.494 e. The molecular formula is C14H17FN4O2S. The van der Waals surface area contributed by atoms with Crippen LogP contribution in [0.15, 0.2) is 23.4 Å². The third-order valence-electron chi connectivity index (χ3n) is 3.10. The number of ether oxygens (including phenoxy) is 1. The second-order valence-corrected chi connectivity index (χ2v) is 5.62. The molecule has 0 fully saturated rings. The topological polar surface area (TPSA) is 83.0 Å². The van der Waals surface area contributed by atoms with Gasteiger partial charge in [0.25, 0.3) is 0 Å². The number of hydrogen-bond acceptors (Lipinski definition) is 5. The van der Waals surface area contributed by atoms with E-state index in [-0.39, 0.29) is 23.9 Å². The van der Waals surface area contributed by atoms with Crippen molar-refractivity contribution >= 4 is 17.7 Å². The molecule has 0 bridgehead atoms. The molecule has 0 saturated carbocycles. The summed E-state index contributed by atoms with van der Waals surface area (Å²) in [5.74, 6) is 0.720. The first-order chi connectivity index (χ1) is 10.5. The zero-order chi connectivity index (χ0) is 16.1. The molecule has 0 radical (unpaired) electrons. The average Bonchev–Trinajstić information content (AvgIpc) is 2.83. The average molecular weight is 324 g/mol. The molecule has 1 amide bonds. The number of aromatic nitrogens is 3. The summed E-state index contributed by atoms with van der Waals surface area (Å²) in [4.78, 5) is 10.8. The van der Waals surface area contributed by atoms with Crippen LogP contribution in [0.5, 0.6) is 5.75 Å². The molecule has 118 valence electrons. The van der Waals surface area contributed by atoms with Gasteiger partial charge in [0.1, 0.15) is 5.82 Å². The number of methoxy groups -OCH3 is 1. The van der Waals surface area contributed by atoms with E-state index in [0.29, 0.717) is 23.2 Å². The molecule has 0 aliphatic rings. The number of primary amides is 1. The van der Waals surface area contributed by atoms with Crippen molar-refractivity contribution in [2.24, 2.45) is 12.8 Å². The van der Waals surface area contributed by atoms with Gasteiger partial charge in [0.15, 0.2) is 16.7 Å². The van der Waals surface area contributed by atoms with Gasteiger partial charge in [-0.25, -0.2) is 4.39 Å². The van der Waals surface area contributed by atoms with E-state index in [4.69, 9.17) is 10.5 Å². The fourth-order valence-electron chi connectivity index (χ4n) is 1.87. The lowest BCUT2D eigenvalue weighted by Crippen LogP contribution is -2.12. The summed E-state index contributed by atoms with van der Waals surface area (Å²) >= 11 is 1.44. The highest BCUT2D eigenvalue weighted by Gasteiger charge is 2.11. The molecule has 6 nitrogen and oxygen atoms in total. The number of carbonyl (C=O) groups is 1. The molecule has 1 heterocycles. The van der Waals surface area contributed by atoms with E-state index in [9.17, 15) is 9.18 Å². The van der Waals surface area contributed by atoms with E-state index < -0.39 is 0 Å². The van der Waals surface area contributed by atoms with Crippen molar-refractivity contribution in [2.75, 3.05) is 7.11 Å². The second kappa shape index (κ2) is 7.26. The Morgan fingerprint density at radius 3 is 2.86 bits per heavy atom. The Labute approximate surface area is 131 Å². The van der Waals surface area contributed by atoms with Crippen molar-refractivity contribution in [1.29, 1.82) is 0 Å². The summed E-state index contributed by atoms with van der Waals surface area (Å²) in [6.07, 6.45) is 0.691. The molecule has 2 N–H and O–H groups in total. The van der Waals surface area contributed by atoms with E-state index in [2.05, 4.69) is 10.2 Å².